The molecule has 3 nitrogen and oxygen atoms in total. The largest absolute Gasteiger partial charge is 0.393 e. The van der Waals surface area contributed by atoms with Gasteiger partial charge in [-0.15, -0.1) is 6.42 Å². The normalized spacial score (nSPS) is 21.9. The molecule has 1 aliphatic heterocycles. The molecule has 1 atom stereocenters. The Balaban J connectivity index is 2.17. The summed E-state index contributed by atoms with van der Waals surface area (Å²) in [5, 5.41) is 9.90. The highest BCUT2D eigenvalue weighted by Crippen LogP contribution is 2.29. The molecule has 1 aromatic carbocycles. The molecular formula is C17H21NO2. The van der Waals surface area contributed by atoms with Gasteiger partial charge in [-0.1, -0.05) is 19.8 Å². The first kappa shape index (κ1) is 14.6. The van der Waals surface area contributed by atoms with Gasteiger partial charge in [0.25, 0.3) is 5.91 Å². The number of hydrogen-bond donors (Lipinski definition) is 1. The maximum Gasteiger partial charge on any atom is 0.253 e. The van der Waals surface area contributed by atoms with E-state index < -0.39 is 0 Å². The Labute approximate surface area is 120 Å². The van der Waals surface area contributed by atoms with Gasteiger partial charge < -0.3 is 10.0 Å². The Bertz CT molecular complexity index is 525. The number of benzene rings is 1. The number of aliphatic hydroxyl groups excluding tert-OH is 1. The molecular weight excluding hydrogens is 250 g/mol. The van der Waals surface area contributed by atoms with E-state index >= 15 is 0 Å². The lowest BCUT2D eigenvalue weighted by Crippen LogP contribution is -2.37. The molecule has 1 aliphatic rings. The van der Waals surface area contributed by atoms with E-state index in [0.717, 1.165) is 12.0 Å². The summed E-state index contributed by atoms with van der Waals surface area (Å²) in [6, 6.07) is 7.10. The maximum atomic E-state index is 12.5. The fraction of sp³-hybridized carbons (Fsp3) is 0.471. The van der Waals surface area contributed by atoms with E-state index in [1.165, 1.54) is 0 Å². The van der Waals surface area contributed by atoms with E-state index in [-0.39, 0.29) is 17.4 Å². The fourth-order valence-corrected chi connectivity index (χ4v) is 2.77. The number of terminal acetylenes is 1. The molecule has 0 aromatic heterocycles. The zero-order valence-corrected chi connectivity index (χ0v) is 12.1. The minimum absolute atomic E-state index is 0.00995. The highest BCUT2D eigenvalue weighted by Gasteiger charge is 2.31. The monoisotopic (exact) mass is 271 g/mol. The van der Waals surface area contributed by atoms with Gasteiger partial charge in [-0.2, -0.15) is 0 Å². The van der Waals surface area contributed by atoms with Crippen LogP contribution in [-0.2, 0) is 0 Å². The van der Waals surface area contributed by atoms with E-state index in [2.05, 4.69) is 19.8 Å². The summed E-state index contributed by atoms with van der Waals surface area (Å²) in [5.41, 5.74) is 1.36. The summed E-state index contributed by atoms with van der Waals surface area (Å²) in [6.07, 6.45) is 6.36. The molecule has 106 valence electrons. The number of amides is 1. The third-order valence-corrected chi connectivity index (χ3v) is 3.73. The van der Waals surface area contributed by atoms with Crippen LogP contribution in [0.4, 0.5) is 0 Å². The van der Waals surface area contributed by atoms with E-state index in [1.54, 1.807) is 24.3 Å². The van der Waals surface area contributed by atoms with Crippen LogP contribution in [0.15, 0.2) is 24.3 Å². The highest BCUT2D eigenvalue weighted by molar-refractivity contribution is 5.94. The molecule has 20 heavy (non-hydrogen) atoms. The van der Waals surface area contributed by atoms with Crippen molar-refractivity contribution in [2.75, 3.05) is 13.1 Å². The van der Waals surface area contributed by atoms with Crippen molar-refractivity contribution in [1.29, 1.82) is 0 Å². The third-order valence-electron chi connectivity index (χ3n) is 3.73. The molecule has 0 spiro atoms. The first-order chi connectivity index (χ1) is 9.41. The van der Waals surface area contributed by atoms with Crippen LogP contribution in [0, 0.1) is 17.8 Å². The SMILES string of the molecule is C#Cc1ccc(C(=O)N2CCC(O)CC(C)(C)C2)cc1. The standard InChI is InChI=1S/C17H21NO2/c1-4-13-5-7-14(8-6-13)16(20)18-10-9-15(19)11-17(2,3)12-18/h1,5-8,15,19H,9-12H2,2-3H3. The molecule has 1 amide bonds. The van der Waals surface area contributed by atoms with Crippen molar-refractivity contribution in [2.24, 2.45) is 5.41 Å². The van der Waals surface area contributed by atoms with Crippen LogP contribution < -0.4 is 0 Å². The van der Waals surface area contributed by atoms with Crippen molar-refractivity contribution in [2.45, 2.75) is 32.8 Å². The molecule has 1 N–H and O–H groups in total. The second-order valence-corrected chi connectivity index (χ2v) is 6.26. The van der Waals surface area contributed by atoms with E-state index in [1.807, 2.05) is 4.90 Å². The quantitative estimate of drug-likeness (QED) is 0.796. The van der Waals surface area contributed by atoms with Crippen molar-refractivity contribution in [3.63, 3.8) is 0 Å². The lowest BCUT2D eigenvalue weighted by atomic mass is 9.87. The minimum atomic E-state index is -0.327. The number of carbonyl (C=O) groups is 1. The van der Waals surface area contributed by atoms with Crippen molar-refractivity contribution in [1.82, 2.24) is 4.90 Å². The number of aliphatic hydroxyl groups is 1. The summed E-state index contributed by atoms with van der Waals surface area (Å²) >= 11 is 0. The second kappa shape index (κ2) is 5.68. The van der Waals surface area contributed by atoms with E-state index in [0.29, 0.717) is 25.1 Å². The number of likely N-dealkylation sites (tertiary alicyclic amines) is 1. The highest BCUT2D eigenvalue weighted by atomic mass is 16.3. The molecule has 0 aliphatic carbocycles. The van der Waals surface area contributed by atoms with Gasteiger partial charge in [-0.25, -0.2) is 0 Å². The number of nitrogens with zero attached hydrogens (tertiary/aromatic N) is 1. The predicted molar refractivity (Wildman–Crippen MR) is 79.3 cm³/mol. The Morgan fingerprint density at radius 3 is 2.65 bits per heavy atom. The van der Waals surface area contributed by atoms with Crippen molar-refractivity contribution < 1.29 is 9.90 Å². The van der Waals surface area contributed by atoms with Crippen LogP contribution in [-0.4, -0.2) is 35.1 Å². The lowest BCUT2D eigenvalue weighted by molar-refractivity contribution is 0.0705. The molecule has 1 unspecified atom stereocenters. The van der Waals surface area contributed by atoms with Crippen LogP contribution in [0.2, 0.25) is 0 Å². The summed E-state index contributed by atoms with van der Waals surface area (Å²) in [7, 11) is 0. The van der Waals surface area contributed by atoms with Crippen molar-refractivity contribution >= 4 is 5.91 Å². The van der Waals surface area contributed by atoms with Crippen molar-refractivity contribution in [3.8, 4) is 12.3 Å². The lowest BCUT2D eigenvalue weighted by Gasteiger charge is -2.29. The maximum absolute atomic E-state index is 12.5. The number of carbonyl (C=O) groups excluding carboxylic acids is 1. The van der Waals surface area contributed by atoms with Crippen LogP contribution in [0.5, 0.6) is 0 Å². The summed E-state index contributed by atoms with van der Waals surface area (Å²) < 4.78 is 0. The molecule has 3 heteroatoms. The summed E-state index contributed by atoms with van der Waals surface area (Å²) in [5.74, 6) is 2.55. The predicted octanol–water partition coefficient (Wildman–Crippen LogP) is 2.29. The Morgan fingerprint density at radius 1 is 1.40 bits per heavy atom. The molecule has 1 saturated heterocycles. The number of hydrogen-bond acceptors (Lipinski definition) is 2. The average Bonchev–Trinajstić information content (AvgIpc) is 2.55. The van der Waals surface area contributed by atoms with Gasteiger partial charge in [-0.3, -0.25) is 4.79 Å². The third kappa shape index (κ3) is 3.40. The van der Waals surface area contributed by atoms with E-state index in [9.17, 15) is 9.90 Å². The van der Waals surface area contributed by atoms with Crippen LogP contribution in [0.25, 0.3) is 0 Å². The summed E-state index contributed by atoms with van der Waals surface area (Å²) in [4.78, 5) is 14.4. The Morgan fingerprint density at radius 2 is 2.05 bits per heavy atom. The van der Waals surface area contributed by atoms with Gasteiger partial charge in [0, 0.05) is 24.2 Å². The van der Waals surface area contributed by atoms with Gasteiger partial charge in [0.15, 0.2) is 0 Å². The average molecular weight is 271 g/mol. The van der Waals surface area contributed by atoms with Gasteiger partial charge >= 0.3 is 0 Å². The zero-order valence-electron chi connectivity index (χ0n) is 12.1. The summed E-state index contributed by atoms with van der Waals surface area (Å²) in [6.45, 7) is 5.44. The van der Waals surface area contributed by atoms with Crippen molar-refractivity contribution in [3.05, 3.63) is 35.4 Å². The molecule has 1 fully saturated rings. The minimum Gasteiger partial charge on any atom is -0.393 e. The first-order valence-electron chi connectivity index (χ1n) is 6.95. The Hall–Kier alpha value is -1.79. The fourth-order valence-electron chi connectivity index (χ4n) is 2.77. The smallest absolute Gasteiger partial charge is 0.253 e. The molecule has 1 aromatic rings. The number of rotatable bonds is 1. The van der Waals surface area contributed by atoms with Gasteiger partial charge in [-0.05, 0) is 42.5 Å². The molecule has 1 heterocycles. The molecule has 0 bridgehead atoms. The first-order valence-corrected chi connectivity index (χ1v) is 6.95. The van der Waals surface area contributed by atoms with Crippen LogP contribution in [0.1, 0.15) is 42.6 Å². The molecule has 0 saturated carbocycles. The van der Waals surface area contributed by atoms with Gasteiger partial charge in [0.05, 0.1) is 6.10 Å². The molecule has 2 rings (SSSR count). The Kier molecular flexibility index (Phi) is 4.15. The van der Waals surface area contributed by atoms with Gasteiger partial charge in [0.2, 0.25) is 0 Å². The van der Waals surface area contributed by atoms with Gasteiger partial charge in [0.1, 0.15) is 0 Å². The second-order valence-electron chi connectivity index (χ2n) is 6.26. The zero-order chi connectivity index (χ0) is 14.8. The molecule has 0 radical (unpaired) electrons. The topological polar surface area (TPSA) is 40.5 Å². The van der Waals surface area contributed by atoms with Crippen LogP contribution >= 0.6 is 0 Å². The van der Waals surface area contributed by atoms with E-state index in [4.69, 9.17) is 6.42 Å². The van der Waals surface area contributed by atoms with Crippen LogP contribution in [0.3, 0.4) is 0 Å².